The minimum absolute atomic E-state index is 0.0607. The number of phenols is 1. The van der Waals surface area contributed by atoms with E-state index in [0.717, 1.165) is 27.5 Å². The van der Waals surface area contributed by atoms with E-state index < -0.39 is 11.9 Å². The number of methoxy groups -OCH3 is 2. The molecule has 0 atom stereocenters. The number of ether oxygens (including phenoxy) is 2. The second kappa shape index (κ2) is 9.62. The maximum Gasteiger partial charge on any atom is 0.345 e. The highest BCUT2D eigenvalue weighted by molar-refractivity contribution is 6.18. The number of hydrogen-bond donors (Lipinski definition) is 1. The molecule has 0 radical (unpaired) electrons. The number of rotatable bonds is 6. The molecule has 1 N–H and O–H groups in total. The molecule has 2 heterocycles. The summed E-state index contributed by atoms with van der Waals surface area (Å²) in [6.07, 6.45) is 3.27. The minimum Gasteiger partial charge on any atom is -0.505 e. The quantitative estimate of drug-likeness (QED) is 0.163. The summed E-state index contributed by atoms with van der Waals surface area (Å²) in [4.78, 5) is 25.9. The summed E-state index contributed by atoms with van der Waals surface area (Å²) in [5, 5.41) is 21.1. The van der Waals surface area contributed by atoms with Crippen molar-refractivity contribution in [1.29, 1.82) is 0 Å². The van der Waals surface area contributed by atoms with E-state index in [9.17, 15) is 14.7 Å². The topological polar surface area (TPSA) is 108 Å². The lowest BCUT2D eigenvalue weighted by molar-refractivity contribution is -0.143. The van der Waals surface area contributed by atoms with Gasteiger partial charge in [0.05, 0.1) is 20.8 Å². The van der Waals surface area contributed by atoms with Gasteiger partial charge in [-0.25, -0.2) is 9.59 Å². The van der Waals surface area contributed by atoms with Gasteiger partial charge in [-0.1, -0.05) is 36.4 Å². The zero-order valence-electron chi connectivity index (χ0n) is 20.5. The van der Waals surface area contributed by atoms with Crippen molar-refractivity contribution in [1.82, 2.24) is 19.6 Å². The van der Waals surface area contributed by atoms with Crippen LogP contribution in [0.2, 0.25) is 0 Å². The van der Waals surface area contributed by atoms with Gasteiger partial charge in [0.15, 0.2) is 0 Å². The van der Waals surface area contributed by atoms with Crippen LogP contribution in [0.25, 0.3) is 33.7 Å². The van der Waals surface area contributed by atoms with Crippen LogP contribution in [-0.4, -0.2) is 50.8 Å². The Hall–Kier alpha value is -4.92. The summed E-state index contributed by atoms with van der Waals surface area (Å²) < 4.78 is 11.5. The Bertz CT molecular complexity index is 1640. The van der Waals surface area contributed by atoms with E-state index in [1.54, 1.807) is 0 Å². The number of esters is 2. The van der Waals surface area contributed by atoms with Crippen LogP contribution in [0.3, 0.4) is 0 Å². The van der Waals surface area contributed by atoms with E-state index in [-0.39, 0.29) is 11.3 Å². The fourth-order valence-electron chi connectivity index (χ4n) is 4.35. The Balaban J connectivity index is 1.60. The van der Waals surface area contributed by atoms with Crippen LogP contribution in [-0.2, 0) is 25.6 Å². The molecule has 3 aromatic carbocycles. The molecule has 0 saturated carbocycles. The largest absolute Gasteiger partial charge is 0.505 e. The van der Waals surface area contributed by atoms with Crippen LogP contribution >= 0.6 is 0 Å². The number of carbonyl (C=O) groups is 2. The average molecular weight is 497 g/mol. The fourth-order valence-corrected chi connectivity index (χ4v) is 4.35. The summed E-state index contributed by atoms with van der Waals surface area (Å²) in [6.45, 7) is 2.26. The summed E-state index contributed by atoms with van der Waals surface area (Å²) in [7, 11) is 2.41. The van der Waals surface area contributed by atoms with Crippen LogP contribution < -0.4 is 0 Å². The molecule has 37 heavy (non-hydrogen) atoms. The van der Waals surface area contributed by atoms with Crippen LogP contribution in [0.5, 0.6) is 5.75 Å². The summed E-state index contributed by atoms with van der Waals surface area (Å²) in [6, 6.07) is 18.8. The van der Waals surface area contributed by atoms with Gasteiger partial charge in [0, 0.05) is 28.2 Å². The van der Waals surface area contributed by atoms with Crippen molar-refractivity contribution in [3.05, 3.63) is 89.1 Å². The molecular formula is C28H24N4O5. The lowest BCUT2D eigenvalue weighted by Gasteiger charge is -2.12. The van der Waals surface area contributed by atoms with Crippen LogP contribution in [0.4, 0.5) is 0 Å². The van der Waals surface area contributed by atoms with Crippen molar-refractivity contribution < 1.29 is 24.2 Å². The number of fused-ring (bicyclic) bond motifs is 2. The normalized spacial score (nSPS) is 11.0. The highest BCUT2D eigenvalue weighted by atomic mass is 16.5. The molecule has 5 rings (SSSR count). The summed E-state index contributed by atoms with van der Waals surface area (Å²) >= 11 is 0. The number of para-hydroxylation sites is 1. The number of nitrogens with zero attached hydrogens (tertiary/aromatic N) is 4. The average Bonchev–Trinajstić information content (AvgIpc) is 3.50. The van der Waals surface area contributed by atoms with Gasteiger partial charge >= 0.3 is 11.9 Å². The van der Waals surface area contributed by atoms with Gasteiger partial charge in [0.25, 0.3) is 0 Å². The Morgan fingerprint density at radius 1 is 0.946 bits per heavy atom. The van der Waals surface area contributed by atoms with E-state index in [4.69, 9.17) is 9.47 Å². The van der Waals surface area contributed by atoms with Gasteiger partial charge in [-0.3, -0.25) is 0 Å². The summed E-state index contributed by atoms with van der Waals surface area (Å²) in [5.74, 6) is -1.52. The van der Waals surface area contributed by atoms with Crippen LogP contribution in [0, 0.1) is 6.92 Å². The summed E-state index contributed by atoms with van der Waals surface area (Å²) in [5.41, 5.74) is 4.79. The standard InChI is InChI=1S/C28H24N4O5/c1-17-12-19(26(33)25(13-17)32-29-22-9-5-6-10-23(22)30-32)16-31-15-18(20-8-4-7-11-24(20)31)14-21(27(34)36-2)28(35)37-3/h4-15,33H,16H2,1-3H3. The third kappa shape index (κ3) is 4.42. The molecule has 0 aliphatic carbocycles. The molecule has 0 bridgehead atoms. The van der Waals surface area contributed by atoms with Crippen molar-refractivity contribution >= 4 is 40.0 Å². The van der Waals surface area contributed by atoms with E-state index in [1.807, 2.05) is 78.4 Å². The zero-order chi connectivity index (χ0) is 26.1. The number of benzene rings is 3. The van der Waals surface area contributed by atoms with Crippen molar-refractivity contribution in [3.8, 4) is 11.4 Å². The third-order valence-electron chi connectivity index (χ3n) is 6.09. The number of aromatic hydroxyl groups is 1. The van der Waals surface area contributed by atoms with Gasteiger partial charge < -0.3 is 19.1 Å². The molecule has 0 spiro atoms. The van der Waals surface area contributed by atoms with Gasteiger partial charge in [-0.2, -0.15) is 0 Å². The molecule has 5 aromatic rings. The number of aromatic nitrogens is 4. The van der Waals surface area contributed by atoms with E-state index >= 15 is 0 Å². The smallest absolute Gasteiger partial charge is 0.345 e. The Morgan fingerprint density at radius 2 is 1.57 bits per heavy atom. The molecule has 0 aliphatic rings. The SMILES string of the molecule is COC(=O)C(=Cc1cn(Cc2cc(C)cc(-n3nc4ccccc4n3)c2O)c2ccccc12)C(=O)OC. The predicted octanol–water partition coefficient (Wildman–Crippen LogP) is 4.17. The lowest BCUT2D eigenvalue weighted by Crippen LogP contribution is -2.15. The fraction of sp³-hybridized carbons (Fsp3) is 0.143. The molecule has 0 unspecified atom stereocenters. The van der Waals surface area contributed by atoms with E-state index in [0.29, 0.717) is 23.4 Å². The first kappa shape index (κ1) is 23.8. The van der Waals surface area contributed by atoms with Crippen molar-refractivity contribution in [2.75, 3.05) is 14.2 Å². The molecule has 186 valence electrons. The van der Waals surface area contributed by atoms with Gasteiger partial charge in [0.1, 0.15) is 28.0 Å². The number of carbonyl (C=O) groups excluding carboxylic acids is 2. The van der Waals surface area contributed by atoms with Crippen molar-refractivity contribution in [2.24, 2.45) is 0 Å². The maximum absolute atomic E-state index is 12.2. The molecule has 0 saturated heterocycles. The van der Waals surface area contributed by atoms with E-state index in [1.165, 1.54) is 25.1 Å². The Kier molecular flexibility index (Phi) is 6.19. The van der Waals surface area contributed by atoms with E-state index in [2.05, 4.69) is 10.2 Å². The second-order valence-corrected chi connectivity index (χ2v) is 8.54. The molecule has 0 aliphatic heterocycles. The molecule has 9 nitrogen and oxygen atoms in total. The molecule has 0 amide bonds. The van der Waals surface area contributed by atoms with Gasteiger partial charge in [-0.05, 0) is 42.8 Å². The van der Waals surface area contributed by atoms with Crippen LogP contribution in [0.15, 0.2) is 72.4 Å². The molecule has 0 fully saturated rings. The molecular weight excluding hydrogens is 472 g/mol. The first-order chi connectivity index (χ1) is 17.9. The molecule has 2 aromatic heterocycles. The van der Waals surface area contributed by atoms with Gasteiger partial charge in [0.2, 0.25) is 0 Å². The predicted molar refractivity (Wildman–Crippen MR) is 138 cm³/mol. The van der Waals surface area contributed by atoms with Crippen molar-refractivity contribution in [2.45, 2.75) is 13.5 Å². The Labute approximate surface area is 212 Å². The highest BCUT2D eigenvalue weighted by Crippen LogP contribution is 2.31. The third-order valence-corrected chi connectivity index (χ3v) is 6.09. The number of hydrogen-bond acceptors (Lipinski definition) is 7. The maximum atomic E-state index is 12.2. The lowest BCUT2D eigenvalue weighted by atomic mass is 10.1. The first-order valence-corrected chi connectivity index (χ1v) is 11.5. The first-order valence-electron chi connectivity index (χ1n) is 11.5. The number of aryl methyl sites for hydroxylation is 1. The van der Waals surface area contributed by atoms with Gasteiger partial charge in [-0.15, -0.1) is 15.0 Å². The zero-order valence-corrected chi connectivity index (χ0v) is 20.5. The minimum atomic E-state index is -0.788. The Morgan fingerprint density at radius 3 is 2.22 bits per heavy atom. The van der Waals surface area contributed by atoms with Crippen molar-refractivity contribution in [3.63, 3.8) is 0 Å². The number of phenolic OH excluding ortho intramolecular Hbond substituents is 1. The monoisotopic (exact) mass is 496 g/mol. The molecule has 9 heteroatoms. The highest BCUT2D eigenvalue weighted by Gasteiger charge is 2.21. The second-order valence-electron chi connectivity index (χ2n) is 8.54. The van der Waals surface area contributed by atoms with Crippen LogP contribution in [0.1, 0.15) is 16.7 Å².